The summed E-state index contributed by atoms with van der Waals surface area (Å²) in [6, 6.07) is 1.77. The highest BCUT2D eigenvalue weighted by molar-refractivity contribution is 5.89. The number of nitrogens with one attached hydrogen (secondary N) is 2. The highest BCUT2D eigenvalue weighted by Gasteiger charge is 2.01. The van der Waals surface area contributed by atoms with Crippen molar-refractivity contribution in [3.8, 4) is 0 Å². The molecule has 0 aliphatic rings. The van der Waals surface area contributed by atoms with Gasteiger partial charge in [0.1, 0.15) is 0 Å². The summed E-state index contributed by atoms with van der Waals surface area (Å²) in [7, 11) is 0. The summed E-state index contributed by atoms with van der Waals surface area (Å²) in [5.41, 5.74) is 6.63. The van der Waals surface area contributed by atoms with Gasteiger partial charge in [0.05, 0.1) is 16.6 Å². The first kappa shape index (κ1) is 6.03. The van der Waals surface area contributed by atoms with E-state index in [4.69, 9.17) is 5.73 Å². The molecule has 0 bridgehead atoms. The van der Waals surface area contributed by atoms with Crippen LogP contribution in [0, 0.1) is 0 Å². The quantitative estimate of drug-likeness (QED) is 0.508. The van der Waals surface area contributed by atoms with Crippen molar-refractivity contribution in [1.29, 1.82) is 0 Å². The number of rotatable bonds is 0. The van der Waals surface area contributed by atoms with E-state index >= 15 is 0 Å². The second-order valence-corrected chi connectivity index (χ2v) is 2.34. The summed E-state index contributed by atoms with van der Waals surface area (Å²) in [6.45, 7) is 0. The SMILES string of the molecule is Nc1c[nH]c2cc[nH]c(=O)c12. The minimum Gasteiger partial charge on any atom is -0.397 e. The van der Waals surface area contributed by atoms with Crippen molar-refractivity contribution in [2.24, 2.45) is 0 Å². The van der Waals surface area contributed by atoms with Gasteiger partial charge in [-0.1, -0.05) is 0 Å². The first-order valence-electron chi connectivity index (χ1n) is 3.23. The Kier molecular flexibility index (Phi) is 1.03. The zero-order valence-corrected chi connectivity index (χ0v) is 5.72. The van der Waals surface area contributed by atoms with Crippen molar-refractivity contribution >= 4 is 16.6 Å². The molecule has 56 valence electrons. The van der Waals surface area contributed by atoms with E-state index in [0.29, 0.717) is 11.1 Å². The Hall–Kier alpha value is -1.71. The molecule has 0 aliphatic carbocycles. The molecular formula is C7H7N3O. The van der Waals surface area contributed by atoms with E-state index in [2.05, 4.69) is 9.97 Å². The van der Waals surface area contributed by atoms with Crippen molar-refractivity contribution in [2.75, 3.05) is 5.73 Å². The monoisotopic (exact) mass is 149 g/mol. The number of hydrogen-bond acceptors (Lipinski definition) is 2. The zero-order valence-electron chi connectivity index (χ0n) is 5.72. The van der Waals surface area contributed by atoms with Crippen LogP contribution in [0.15, 0.2) is 23.3 Å². The van der Waals surface area contributed by atoms with Gasteiger partial charge in [-0.3, -0.25) is 4.79 Å². The second-order valence-electron chi connectivity index (χ2n) is 2.34. The summed E-state index contributed by atoms with van der Waals surface area (Å²) in [6.07, 6.45) is 3.19. The Labute approximate surface area is 62.0 Å². The average molecular weight is 149 g/mol. The van der Waals surface area contributed by atoms with Gasteiger partial charge in [0.2, 0.25) is 0 Å². The maximum absolute atomic E-state index is 11.1. The number of hydrogen-bond donors (Lipinski definition) is 3. The molecule has 0 saturated heterocycles. The van der Waals surface area contributed by atoms with Crippen molar-refractivity contribution < 1.29 is 0 Å². The Balaban J connectivity index is 3.08. The van der Waals surface area contributed by atoms with Gasteiger partial charge in [-0.25, -0.2) is 0 Å². The molecule has 0 aliphatic heterocycles. The molecule has 11 heavy (non-hydrogen) atoms. The molecular weight excluding hydrogens is 142 g/mol. The third-order valence-electron chi connectivity index (χ3n) is 1.63. The first-order chi connectivity index (χ1) is 5.29. The number of pyridine rings is 1. The summed E-state index contributed by atoms with van der Waals surface area (Å²) < 4.78 is 0. The number of nitrogen functional groups attached to an aromatic ring is 1. The van der Waals surface area contributed by atoms with Crippen molar-refractivity contribution in [2.45, 2.75) is 0 Å². The standard InChI is InChI=1S/C7H7N3O/c8-4-3-10-5-1-2-9-7(11)6(4)5/h1-3,10H,8H2,(H,9,11). The summed E-state index contributed by atoms with van der Waals surface area (Å²) in [5.74, 6) is 0. The predicted octanol–water partition coefficient (Wildman–Crippen LogP) is 0.438. The van der Waals surface area contributed by atoms with E-state index in [9.17, 15) is 4.79 Å². The molecule has 2 aromatic heterocycles. The molecule has 4 nitrogen and oxygen atoms in total. The first-order valence-corrected chi connectivity index (χ1v) is 3.23. The topological polar surface area (TPSA) is 74.7 Å². The fourth-order valence-corrected chi connectivity index (χ4v) is 1.11. The van der Waals surface area contributed by atoms with Crippen LogP contribution >= 0.6 is 0 Å². The van der Waals surface area contributed by atoms with Crippen LogP contribution in [-0.4, -0.2) is 9.97 Å². The van der Waals surface area contributed by atoms with Crippen LogP contribution in [-0.2, 0) is 0 Å². The maximum Gasteiger partial charge on any atom is 0.259 e. The molecule has 0 amide bonds. The van der Waals surface area contributed by atoms with Crippen LogP contribution in [0.2, 0.25) is 0 Å². The molecule has 0 unspecified atom stereocenters. The van der Waals surface area contributed by atoms with Crippen molar-refractivity contribution in [3.05, 3.63) is 28.8 Å². The highest BCUT2D eigenvalue weighted by atomic mass is 16.1. The lowest BCUT2D eigenvalue weighted by atomic mass is 10.3. The normalized spacial score (nSPS) is 10.5. The second kappa shape index (κ2) is 1.88. The van der Waals surface area contributed by atoms with E-state index in [0.717, 1.165) is 5.52 Å². The molecule has 0 fully saturated rings. The number of H-pyrrole nitrogens is 2. The van der Waals surface area contributed by atoms with E-state index in [1.54, 1.807) is 18.5 Å². The number of nitrogens with two attached hydrogens (primary N) is 1. The smallest absolute Gasteiger partial charge is 0.259 e. The van der Waals surface area contributed by atoms with Gasteiger partial charge in [-0.05, 0) is 6.07 Å². The van der Waals surface area contributed by atoms with Crippen LogP contribution < -0.4 is 11.3 Å². The molecule has 0 atom stereocenters. The minimum absolute atomic E-state index is 0.152. The lowest BCUT2D eigenvalue weighted by Gasteiger charge is -1.87. The third kappa shape index (κ3) is 0.724. The molecule has 2 aromatic rings. The third-order valence-corrected chi connectivity index (χ3v) is 1.63. The summed E-state index contributed by atoms with van der Waals surface area (Å²) in [5, 5.41) is 0.535. The van der Waals surface area contributed by atoms with Gasteiger partial charge in [0.15, 0.2) is 0 Å². The van der Waals surface area contributed by atoms with E-state index in [1.807, 2.05) is 0 Å². The fourth-order valence-electron chi connectivity index (χ4n) is 1.11. The average Bonchev–Trinajstić information content (AvgIpc) is 2.34. The lowest BCUT2D eigenvalue weighted by molar-refractivity contribution is 1.27. The Morgan fingerprint density at radius 3 is 2.91 bits per heavy atom. The number of aromatic amines is 2. The van der Waals surface area contributed by atoms with E-state index < -0.39 is 0 Å². The Morgan fingerprint density at radius 1 is 1.36 bits per heavy atom. The minimum atomic E-state index is -0.152. The Bertz CT molecular complexity index is 440. The van der Waals surface area contributed by atoms with Crippen molar-refractivity contribution in [1.82, 2.24) is 9.97 Å². The molecule has 0 spiro atoms. The van der Waals surface area contributed by atoms with Gasteiger partial charge >= 0.3 is 0 Å². The van der Waals surface area contributed by atoms with Crippen LogP contribution in [0.1, 0.15) is 0 Å². The lowest BCUT2D eigenvalue weighted by Crippen LogP contribution is -2.04. The van der Waals surface area contributed by atoms with Crippen LogP contribution in [0.3, 0.4) is 0 Å². The number of fused-ring (bicyclic) bond motifs is 1. The molecule has 4 heteroatoms. The molecule has 0 aromatic carbocycles. The van der Waals surface area contributed by atoms with Crippen molar-refractivity contribution in [3.63, 3.8) is 0 Å². The predicted molar refractivity (Wildman–Crippen MR) is 43.3 cm³/mol. The van der Waals surface area contributed by atoms with Gasteiger partial charge in [-0.2, -0.15) is 0 Å². The maximum atomic E-state index is 11.1. The zero-order chi connectivity index (χ0) is 7.84. The molecule has 4 N–H and O–H groups in total. The van der Waals surface area contributed by atoms with Crippen LogP contribution in [0.25, 0.3) is 10.9 Å². The van der Waals surface area contributed by atoms with E-state index in [1.165, 1.54) is 0 Å². The van der Waals surface area contributed by atoms with Gasteiger partial charge in [0.25, 0.3) is 5.56 Å². The van der Waals surface area contributed by atoms with Crippen LogP contribution in [0.4, 0.5) is 5.69 Å². The highest BCUT2D eigenvalue weighted by Crippen LogP contribution is 2.13. The number of aromatic nitrogens is 2. The van der Waals surface area contributed by atoms with Gasteiger partial charge in [-0.15, -0.1) is 0 Å². The summed E-state index contributed by atoms with van der Waals surface area (Å²) in [4.78, 5) is 16.5. The van der Waals surface area contributed by atoms with Gasteiger partial charge in [0, 0.05) is 12.4 Å². The Morgan fingerprint density at radius 2 is 2.18 bits per heavy atom. The summed E-state index contributed by atoms with van der Waals surface area (Å²) >= 11 is 0. The van der Waals surface area contributed by atoms with E-state index in [-0.39, 0.29) is 5.56 Å². The number of anilines is 1. The van der Waals surface area contributed by atoms with Gasteiger partial charge < -0.3 is 15.7 Å². The molecule has 0 radical (unpaired) electrons. The largest absolute Gasteiger partial charge is 0.397 e. The van der Waals surface area contributed by atoms with Crippen LogP contribution in [0.5, 0.6) is 0 Å². The molecule has 2 rings (SSSR count). The fraction of sp³-hybridized carbons (Fsp3) is 0. The molecule has 2 heterocycles. The molecule has 0 saturated carbocycles.